The molecular formula is C13H9F3N2OS. The molecule has 0 aliphatic rings. The lowest BCUT2D eigenvalue weighted by atomic mass is 10.1. The number of nitrogens with zero attached hydrogens (tertiary/aromatic N) is 2. The van der Waals surface area contributed by atoms with Gasteiger partial charge in [0.25, 0.3) is 5.71 Å². The Kier molecular flexibility index (Phi) is 2.82. The minimum absolute atomic E-state index is 0.0745. The van der Waals surface area contributed by atoms with Crippen LogP contribution in [-0.4, -0.2) is 10.1 Å². The lowest BCUT2D eigenvalue weighted by Gasteiger charge is -2.09. The molecule has 0 radical (unpaired) electrons. The van der Waals surface area contributed by atoms with Gasteiger partial charge in [0.05, 0.1) is 27.2 Å². The summed E-state index contributed by atoms with van der Waals surface area (Å²) in [5.74, 6) is 0. The lowest BCUT2D eigenvalue weighted by molar-refractivity contribution is -0.136. The van der Waals surface area contributed by atoms with Gasteiger partial charge in [0, 0.05) is 4.88 Å². The number of hydrogen-bond donors (Lipinski definition) is 0. The van der Waals surface area contributed by atoms with Crippen molar-refractivity contribution in [2.45, 2.75) is 20.0 Å². The smallest absolute Gasteiger partial charge is 0.336 e. The van der Waals surface area contributed by atoms with E-state index in [2.05, 4.69) is 10.1 Å². The van der Waals surface area contributed by atoms with Gasteiger partial charge in [0.15, 0.2) is 0 Å². The fraction of sp³-hybridized carbons (Fsp3) is 0.231. The van der Waals surface area contributed by atoms with Crippen LogP contribution in [0.3, 0.4) is 0 Å². The van der Waals surface area contributed by atoms with Crippen molar-refractivity contribution in [1.29, 1.82) is 0 Å². The van der Waals surface area contributed by atoms with Crippen LogP contribution >= 0.6 is 11.3 Å². The van der Waals surface area contributed by atoms with Crippen molar-refractivity contribution in [2.75, 3.05) is 0 Å². The normalized spacial score (nSPS) is 12.2. The Balaban J connectivity index is 2.31. The minimum Gasteiger partial charge on any atom is -0.336 e. The van der Waals surface area contributed by atoms with Crippen molar-refractivity contribution in [3.05, 3.63) is 34.3 Å². The number of rotatable bonds is 1. The van der Waals surface area contributed by atoms with E-state index in [0.29, 0.717) is 4.88 Å². The van der Waals surface area contributed by atoms with Crippen LogP contribution in [0.4, 0.5) is 13.2 Å². The Morgan fingerprint density at radius 2 is 1.95 bits per heavy atom. The van der Waals surface area contributed by atoms with Crippen molar-refractivity contribution in [2.24, 2.45) is 0 Å². The molecule has 0 aromatic carbocycles. The zero-order valence-corrected chi connectivity index (χ0v) is 11.4. The van der Waals surface area contributed by atoms with Gasteiger partial charge < -0.3 is 4.52 Å². The molecule has 3 aromatic rings. The third-order valence-electron chi connectivity index (χ3n) is 2.92. The second kappa shape index (κ2) is 4.31. The maximum Gasteiger partial charge on any atom is 0.417 e. The topological polar surface area (TPSA) is 38.9 Å². The molecule has 20 heavy (non-hydrogen) atoms. The second-order valence-electron chi connectivity index (χ2n) is 4.41. The van der Waals surface area contributed by atoms with Crippen molar-refractivity contribution in [3.63, 3.8) is 0 Å². The van der Waals surface area contributed by atoms with E-state index in [0.717, 1.165) is 10.9 Å². The van der Waals surface area contributed by atoms with Gasteiger partial charge in [-0.05, 0) is 32.0 Å². The number of pyridine rings is 1. The fourth-order valence-electron chi connectivity index (χ4n) is 2.02. The number of fused-ring (bicyclic) bond motifs is 1. The highest BCUT2D eigenvalue weighted by atomic mass is 32.1. The Bertz CT molecular complexity index is 789. The second-order valence-corrected chi connectivity index (χ2v) is 5.70. The standard InChI is InChI=1S/C13H9F3N2OS/c1-6-3-4-10(20-6)9-5-8(13(14,15)16)11-7(2)18-19-12(11)17-9/h3-5H,1-2H3. The van der Waals surface area contributed by atoms with Crippen molar-refractivity contribution in [1.82, 2.24) is 10.1 Å². The van der Waals surface area contributed by atoms with Crippen LogP contribution in [0.15, 0.2) is 22.7 Å². The first-order valence-electron chi connectivity index (χ1n) is 5.77. The van der Waals surface area contributed by atoms with E-state index in [1.807, 2.05) is 13.0 Å². The summed E-state index contributed by atoms with van der Waals surface area (Å²) < 4.78 is 44.4. The molecule has 3 heterocycles. The Morgan fingerprint density at radius 3 is 2.55 bits per heavy atom. The molecule has 0 saturated carbocycles. The molecule has 3 nitrogen and oxygen atoms in total. The van der Waals surface area contributed by atoms with E-state index < -0.39 is 11.7 Å². The predicted octanol–water partition coefficient (Wildman–Crippen LogP) is 4.59. The van der Waals surface area contributed by atoms with Gasteiger partial charge in [-0.15, -0.1) is 11.3 Å². The summed E-state index contributed by atoms with van der Waals surface area (Å²) in [6.07, 6.45) is -4.47. The quantitative estimate of drug-likeness (QED) is 0.659. The van der Waals surface area contributed by atoms with Gasteiger partial charge in [-0.2, -0.15) is 13.2 Å². The third kappa shape index (κ3) is 2.07. The minimum atomic E-state index is -4.47. The molecule has 0 amide bonds. The van der Waals surface area contributed by atoms with Crippen molar-refractivity contribution >= 4 is 22.4 Å². The SMILES string of the molecule is Cc1ccc(-c2cc(C(F)(F)F)c3c(C)noc3n2)s1. The van der Waals surface area contributed by atoms with Gasteiger partial charge >= 0.3 is 6.18 Å². The van der Waals surface area contributed by atoms with Crippen LogP contribution in [0.1, 0.15) is 16.1 Å². The van der Waals surface area contributed by atoms with Gasteiger partial charge in [0.1, 0.15) is 0 Å². The highest BCUT2D eigenvalue weighted by Crippen LogP contribution is 2.39. The summed E-state index contributed by atoms with van der Waals surface area (Å²) >= 11 is 1.38. The lowest BCUT2D eigenvalue weighted by Crippen LogP contribution is -2.07. The molecule has 104 valence electrons. The van der Waals surface area contributed by atoms with Gasteiger partial charge in [0.2, 0.25) is 0 Å². The molecule has 0 fully saturated rings. The molecule has 0 atom stereocenters. The van der Waals surface area contributed by atoms with Crippen molar-refractivity contribution in [3.8, 4) is 10.6 Å². The van der Waals surface area contributed by atoms with E-state index in [-0.39, 0.29) is 22.5 Å². The first-order valence-corrected chi connectivity index (χ1v) is 6.59. The zero-order chi connectivity index (χ0) is 14.5. The fourth-order valence-corrected chi connectivity index (χ4v) is 2.84. The van der Waals surface area contributed by atoms with Crippen LogP contribution < -0.4 is 0 Å². The molecule has 3 rings (SSSR count). The molecular weight excluding hydrogens is 289 g/mol. The molecule has 0 aliphatic carbocycles. The third-order valence-corrected chi connectivity index (χ3v) is 3.94. The molecule has 7 heteroatoms. The Labute approximate surface area is 116 Å². The van der Waals surface area contributed by atoms with Crippen LogP contribution in [0.5, 0.6) is 0 Å². The van der Waals surface area contributed by atoms with E-state index in [1.54, 1.807) is 6.07 Å². The first kappa shape index (κ1) is 13.1. The number of alkyl halides is 3. The molecule has 3 aromatic heterocycles. The van der Waals surface area contributed by atoms with Crippen LogP contribution in [0.25, 0.3) is 21.7 Å². The Hall–Kier alpha value is -1.89. The molecule has 0 aliphatic heterocycles. The highest BCUT2D eigenvalue weighted by Gasteiger charge is 2.35. The average Bonchev–Trinajstić information content (AvgIpc) is 2.94. The number of thiophene rings is 1. The number of hydrogen-bond acceptors (Lipinski definition) is 4. The molecule has 0 bridgehead atoms. The van der Waals surface area contributed by atoms with Crippen LogP contribution in [0.2, 0.25) is 0 Å². The van der Waals surface area contributed by atoms with Crippen LogP contribution in [0, 0.1) is 13.8 Å². The number of aromatic nitrogens is 2. The summed E-state index contributed by atoms with van der Waals surface area (Å²) in [5.41, 5.74) is -0.409. The highest BCUT2D eigenvalue weighted by molar-refractivity contribution is 7.15. The van der Waals surface area contributed by atoms with E-state index >= 15 is 0 Å². The maximum atomic E-state index is 13.2. The van der Waals surface area contributed by atoms with E-state index in [1.165, 1.54) is 18.3 Å². The van der Waals surface area contributed by atoms with Gasteiger partial charge in [-0.3, -0.25) is 0 Å². The van der Waals surface area contributed by atoms with E-state index in [4.69, 9.17) is 4.52 Å². The zero-order valence-electron chi connectivity index (χ0n) is 10.6. The summed E-state index contributed by atoms with van der Waals surface area (Å²) in [7, 11) is 0. The van der Waals surface area contributed by atoms with E-state index in [9.17, 15) is 13.2 Å². The first-order chi connectivity index (χ1) is 9.36. The maximum absolute atomic E-state index is 13.2. The monoisotopic (exact) mass is 298 g/mol. The molecule has 0 unspecified atom stereocenters. The van der Waals surface area contributed by atoms with Crippen molar-refractivity contribution < 1.29 is 17.7 Å². The predicted molar refractivity (Wildman–Crippen MR) is 69.6 cm³/mol. The summed E-state index contributed by atoms with van der Waals surface area (Å²) in [6, 6.07) is 4.64. The number of aryl methyl sites for hydroxylation is 2. The average molecular weight is 298 g/mol. The summed E-state index contributed by atoms with van der Waals surface area (Å²) in [6.45, 7) is 3.35. The largest absolute Gasteiger partial charge is 0.417 e. The van der Waals surface area contributed by atoms with Crippen LogP contribution in [-0.2, 0) is 6.18 Å². The summed E-state index contributed by atoms with van der Waals surface area (Å²) in [5, 5.41) is 3.50. The van der Waals surface area contributed by atoms with Gasteiger partial charge in [-0.1, -0.05) is 5.16 Å². The molecule has 0 N–H and O–H groups in total. The Morgan fingerprint density at radius 1 is 1.20 bits per heavy atom. The summed E-state index contributed by atoms with van der Waals surface area (Å²) in [4.78, 5) is 5.81. The molecule has 0 saturated heterocycles. The van der Waals surface area contributed by atoms with Gasteiger partial charge in [-0.25, -0.2) is 4.98 Å². The number of halogens is 3. The molecule has 0 spiro atoms.